The predicted octanol–water partition coefficient (Wildman–Crippen LogP) is 3.75. The Morgan fingerprint density at radius 1 is 0.750 bits per heavy atom. The highest BCUT2D eigenvalue weighted by Gasteiger charge is 2.09. The molecule has 0 bridgehead atoms. The lowest BCUT2D eigenvalue weighted by atomic mass is 10.1. The van der Waals surface area contributed by atoms with Gasteiger partial charge >= 0.3 is 0 Å². The molecule has 32 heavy (non-hydrogen) atoms. The quantitative estimate of drug-likeness (QED) is 0.348. The van der Waals surface area contributed by atoms with Crippen molar-refractivity contribution in [2.24, 2.45) is 0 Å². The Hall–Kier alpha value is -3.29. The fourth-order valence-electron chi connectivity index (χ4n) is 2.72. The zero-order valence-corrected chi connectivity index (χ0v) is 18.7. The van der Waals surface area contributed by atoms with Crippen molar-refractivity contribution in [3.8, 4) is 0 Å². The van der Waals surface area contributed by atoms with Gasteiger partial charge in [-0.15, -0.1) is 11.8 Å². The summed E-state index contributed by atoms with van der Waals surface area (Å²) in [5.74, 6) is -0.477. The molecular formula is C24H22ClN3O3S. The minimum atomic E-state index is -0.518. The summed E-state index contributed by atoms with van der Waals surface area (Å²) in [7, 11) is 0. The summed E-state index contributed by atoms with van der Waals surface area (Å²) < 4.78 is 0. The average Bonchev–Trinajstić information content (AvgIpc) is 2.82. The van der Waals surface area contributed by atoms with E-state index in [0.717, 1.165) is 21.8 Å². The van der Waals surface area contributed by atoms with Gasteiger partial charge in [-0.1, -0.05) is 54.1 Å². The van der Waals surface area contributed by atoms with Crippen LogP contribution in [0.3, 0.4) is 0 Å². The van der Waals surface area contributed by atoms with Crippen LogP contribution in [-0.2, 0) is 21.8 Å². The Labute approximate surface area is 195 Å². The van der Waals surface area contributed by atoms with Crippen LogP contribution in [-0.4, -0.2) is 24.3 Å². The summed E-state index contributed by atoms with van der Waals surface area (Å²) in [6.07, 6.45) is 0.184. The van der Waals surface area contributed by atoms with E-state index in [9.17, 15) is 14.4 Å². The smallest absolute Gasteiger partial charge is 0.269 e. The molecule has 0 aromatic heterocycles. The SMILES string of the molecule is O=C(Cc1ccccc1)NCC(=O)NNC(=O)c1ccc(CSc2ccc(Cl)cc2)cc1. The minimum Gasteiger partial charge on any atom is -0.347 e. The summed E-state index contributed by atoms with van der Waals surface area (Å²) >= 11 is 7.56. The van der Waals surface area contributed by atoms with Gasteiger partial charge in [0.2, 0.25) is 5.91 Å². The van der Waals surface area contributed by atoms with E-state index in [2.05, 4.69) is 16.2 Å². The van der Waals surface area contributed by atoms with E-state index >= 15 is 0 Å². The molecule has 0 unspecified atom stereocenters. The number of halogens is 1. The Morgan fingerprint density at radius 3 is 2.12 bits per heavy atom. The Balaban J connectivity index is 1.38. The van der Waals surface area contributed by atoms with Crippen LogP contribution in [0, 0.1) is 0 Å². The molecule has 0 saturated carbocycles. The molecule has 0 atom stereocenters. The van der Waals surface area contributed by atoms with Crippen molar-refractivity contribution in [2.75, 3.05) is 6.54 Å². The summed E-state index contributed by atoms with van der Waals surface area (Å²) in [6.45, 7) is -0.229. The highest BCUT2D eigenvalue weighted by atomic mass is 35.5. The number of carbonyl (C=O) groups excluding carboxylic acids is 3. The number of thioether (sulfide) groups is 1. The van der Waals surface area contributed by atoms with Crippen molar-refractivity contribution in [1.29, 1.82) is 0 Å². The van der Waals surface area contributed by atoms with Crippen molar-refractivity contribution in [1.82, 2.24) is 16.2 Å². The second kappa shape index (κ2) is 11.9. The van der Waals surface area contributed by atoms with Crippen molar-refractivity contribution >= 4 is 41.1 Å². The third-order valence-corrected chi connectivity index (χ3v) is 5.74. The van der Waals surface area contributed by atoms with Gasteiger partial charge in [0.05, 0.1) is 13.0 Å². The highest BCUT2D eigenvalue weighted by Crippen LogP contribution is 2.24. The van der Waals surface area contributed by atoms with Crippen LogP contribution in [0.2, 0.25) is 5.02 Å². The largest absolute Gasteiger partial charge is 0.347 e. The van der Waals surface area contributed by atoms with Crippen LogP contribution >= 0.6 is 23.4 Å². The Morgan fingerprint density at radius 2 is 1.44 bits per heavy atom. The lowest BCUT2D eigenvalue weighted by molar-refractivity contribution is -0.126. The second-order valence-corrected chi connectivity index (χ2v) is 8.37. The molecule has 0 radical (unpaired) electrons. The molecule has 0 saturated heterocycles. The van der Waals surface area contributed by atoms with Crippen LogP contribution < -0.4 is 16.2 Å². The number of rotatable bonds is 8. The van der Waals surface area contributed by atoms with Crippen molar-refractivity contribution < 1.29 is 14.4 Å². The van der Waals surface area contributed by atoms with E-state index in [1.54, 1.807) is 23.9 Å². The monoisotopic (exact) mass is 467 g/mol. The standard InChI is InChI=1S/C24H22ClN3O3S/c25-20-10-12-21(13-11-20)32-16-18-6-8-19(9-7-18)24(31)28-27-23(30)15-26-22(29)14-17-4-2-1-3-5-17/h1-13H,14-16H2,(H,26,29)(H,27,30)(H,28,31). The Bertz CT molecular complexity index is 1060. The lowest BCUT2D eigenvalue weighted by Gasteiger charge is -2.09. The first-order valence-electron chi connectivity index (χ1n) is 9.87. The predicted molar refractivity (Wildman–Crippen MR) is 126 cm³/mol. The van der Waals surface area contributed by atoms with Gasteiger partial charge in [0.15, 0.2) is 0 Å². The van der Waals surface area contributed by atoms with Gasteiger partial charge in [0.25, 0.3) is 11.8 Å². The minimum absolute atomic E-state index is 0.184. The van der Waals surface area contributed by atoms with E-state index in [1.165, 1.54) is 0 Å². The number of hydrogen-bond donors (Lipinski definition) is 3. The molecule has 3 N–H and O–H groups in total. The molecule has 0 spiro atoms. The molecule has 3 amide bonds. The van der Waals surface area contributed by atoms with Gasteiger partial charge in [-0.25, -0.2) is 0 Å². The van der Waals surface area contributed by atoms with Crippen molar-refractivity contribution in [3.05, 3.63) is 101 Å². The lowest BCUT2D eigenvalue weighted by Crippen LogP contribution is -2.46. The molecule has 6 nitrogen and oxygen atoms in total. The molecule has 8 heteroatoms. The van der Waals surface area contributed by atoms with Gasteiger partial charge in [-0.2, -0.15) is 0 Å². The topological polar surface area (TPSA) is 87.3 Å². The molecule has 3 rings (SSSR count). The number of benzene rings is 3. The number of carbonyl (C=O) groups is 3. The molecule has 0 fully saturated rings. The van der Waals surface area contributed by atoms with Gasteiger partial charge in [-0.05, 0) is 47.5 Å². The van der Waals surface area contributed by atoms with Gasteiger partial charge in [0.1, 0.15) is 0 Å². The van der Waals surface area contributed by atoms with Crippen LogP contribution in [0.15, 0.2) is 83.8 Å². The molecule has 0 aliphatic carbocycles. The van der Waals surface area contributed by atoms with E-state index in [4.69, 9.17) is 11.6 Å². The number of amides is 3. The fraction of sp³-hybridized carbons (Fsp3) is 0.125. The van der Waals surface area contributed by atoms with Gasteiger partial charge in [0, 0.05) is 21.2 Å². The van der Waals surface area contributed by atoms with E-state index in [0.29, 0.717) is 10.6 Å². The maximum absolute atomic E-state index is 12.2. The normalized spacial score (nSPS) is 10.3. The summed E-state index contributed by atoms with van der Waals surface area (Å²) in [5.41, 5.74) is 6.98. The molecule has 164 valence electrons. The third-order valence-electron chi connectivity index (χ3n) is 4.40. The molecule has 3 aromatic rings. The second-order valence-electron chi connectivity index (χ2n) is 6.88. The molecule has 0 aliphatic heterocycles. The average molecular weight is 468 g/mol. The highest BCUT2D eigenvalue weighted by molar-refractivity contribution is 7.98. The summed E-state index contributed by atoms with van der Waals surface area (Å²) in [6, 6.07) is 24.0. The molecule has 0 aliphatic rings. The van der Waals surface area contributed by atoms with E-state index < -0.39 is 11.8 Å². The Kier molecular flexibility index (Phi) is 8.71. The van der Waals surface area contributed by atoms with Crippen LogP contribution in [0.25, 0.3) is 0 Å². The molecular weight excluding hydrogens is 446 g/mol. The maximum Gasteiger partial charge on any atom is 0.269 e. The van der Waals surface area contributed by atoms with Crippen LogP contribution in [0.1, 0.15) is 21.5 Å². The summed E-state index contributed by atoms with van der Waals surface area (Å²) in [4.78, 5) is 37.1. The number of hydrazine groups is 1. The fourth-order valence-corrected chi connectivity index (χ4v) is 3.70. The first-order valence-corrected chi connectivity index (χ1v) is 11.2. The number of hydrogen-bond acceptors (Lipinski definition) is 4. The van der Waals surface area contributed by atoms with Crippen LogP contribution in [0.5, 0.6) is 0 Å². The zero-order valence-electron chi connectivity index (χ0n) is 17.1. The number of nitrogens with one attached hydrogen (secondary N) is 3. The summed E-state index contributed by atoms with van der Waals surface area (Å²) in [5, 5.41) is 3.22. The van der Waals surface area contributed by atoms with Crippen molar-refractivity contribution in [2.45, 2.75) is 17.1 Å². The van der Waals surface area contributed by atoms with E-state index in [-0.39, 0.29) is 18.9 Å². The van der Waals surface area contributed by atoms with Gasteiger partial charge in [-0.3, -0.25) is 25.2 Å². The van der Waals surface area contributed by atoms with E-state index in [1.807, 2.05) is 66.7 Å². The van der Waals surface area contributed by atoms with Crippen LogP contribution in [0.4, 0.5) is 0 Å². The van der Waals surface area contributed by atoms with Crippen molar-refractivity contribution in [3.63, 3.8) is 0 Å². The molecule has 3 aromatic carbocycles. The maximum atomic E-state index is 12.2. The first-order chi connectivity index (χ1) is 15.5. The molecule has 0 heterocycles. The van der Waals surface area contributed by atoms with Gasteiger partial charge < -0.3 is 5.32 Å². The first kappa shape index (κ1) is 23.4. The zero-order chi connectivity index (χ0) is 22.8. The third kappa shape index (κ3) is 7.76.